The van der Waals surface area contributed by atoms with Gasteiger partial charge in [0.2, 0.25) is 5.82 Å². The molecule has 4 aromatic rings. The fourth-order valence-electron chi connectivity index (χ4n) is 2.65. The highest BCUT2D eigenvalue weighted by atomic mass is 79.9. The summed E-state index contributed by atoms with van der Waals surface area (Å²) in [5.74, 6) is 1.85. The van der Waals surface area contributed by atoms with Gasteiger partial charge in [-0.3, -0.25) is 0 Å². The van der Waals surface area contributed by atoms with Crippen LogP contribution in [0.15, 0.2) is 56.0 Å². The molecule has 0 saturated heterocycles. The number of halogens is 2. The molecule has 0 atom stereocenters. The Morgan fingerprint density at radius 2 is 1.75 bits per heavy atom. The van der Waals surface area contributed by atoms with Crippen molar-refractivity contribution in [3.05, 3.63) is 69.8 Å². The normalized spacial score (nSPS) is 11.0. The Hall–Kier alpha value is -3.00. The summed E-state index contributed by atoms with van der Waals surface area (Å²) >= 11 is 3.16. The maximum atomic E-state index is 13.4. The topological polar surface area (TPSA) is 74.2 Å². The average Bonchev–Trinajstić information content (AvgIpc) is 3.30. The van der Waals surface area contributed by atoms with Crippen LogP contribution in [-0.2, 0) is 6.61 Å². The molecule has 2 heterocycles. The largest absolute Gasteiger partial charge is 0.489 e. The summed E-state index contributed by atoms with van der Waals surface area (Å²) in [6, 6.07) is 11.9. The number of aryl methyl sites for hydroxylation is 2. The third kappa shape index (κ3) is 3.68. The molecule has 0 radical (unpaired) electrons. The lowest BCUT2D eigenvalue weighted by Crippen LogP contribution is -1.97. The third-order valence-corrected chi connectivity index (χ3v) is 4.88. The summed E-state index contributed by atoms with van der Waals surface area (Å²) in [6.07, 6.45) is 0. The molecule has 2 aromatic carbocycles. The first-order valence-corrected chi connectivity index (χ1v) is 9.24. The number of nitrogens with zero attached hydrogens (tertiary/aromatic N) is 3. The second-order valence-corrected chi connectivity index (χ2v) is 7.02. The summed E-state index contributed by atoms with van der Waals surface area (Å²) in [7, 11) is 0. The number of hydrogen-bond donors (Lipinski definition) is 0. The molecule has 0 saturated carbocycles. The molecule has 4 rings (SSSR count). The Labute approximate surface area is 168 Å². The fourth-order valence-corrected chi connectivity index (χ4v) is 3.03. The van der Waals surface area contributed by atoms with Crippen LogP contribution in [-0.4, -0.2) is 15.3 Å². The zero-order valence-corrected chi connectivity index (χ0v) is 16.7. The predicted octanol–water partition coefficient (Wildman–Crippen LogP) is 5.49. The Morgan fingerprint density at radius 1 is 1.00 bits per heavy atom. The number of aromatic nitrogens is 3. The zero-order chi connectivity index (χ0) is 19.7. The van der Waals surface area contributed by atoms with Gasteiger partial charge in [0.15, 0.2) is 0 Å². The maximum absolute atomic E-state index is 13.4. The van der Waals surface area contributed by atoms with Crippen LogP contribution >= 0.6 is 15.9 Å². The lowest BCUT2D eigenvalue weighted by atomic mass is 10.2. The minimum absolute atomic E-state index is 0.344. The van der Waals surface area contributed by atoms with Crippen molar-refractivity contribution in [1.29, 1.82) is 0 Å². The summed E-state index contributed by atoms with van der Waals surface area (Å²) in [5.41, 5.74) is 3.17. The van der Waals surface area contributed by atoms with Crippen LogP contribution in [0.5, 0.6) is 5.75 Å². The summed E-state index contributed by atoms with van der Waals surface area (Å²) in [5, 5.41) is 7.88. The molecule has 8 heteroatoms. The van der Waals surface area contributed by atoms with Gasteiger partial charge in [0.25, 0.3) is 5.89 Å². The first-order valence-electron chi connectivity index (χ1n) is 8.45. The van der Waals surface area contributed by atoms with Crippen LogP contribution < -0.4 is 4.74 Å². The number of ether oxygens (including phenoxy) is 1. The standard InChI is InChI=1S/C20H15BrFN3O3/c1-11-16(12(2)27-24-11)10-26-15-6-3-13(4-7-15)20-23-19(25-28-20)14-5-8-18(22)17(21)9-14/h3-9H,10H2,1-2H3. The lowest BCUT2D eigenvalue weighted by molar-refractivity contribution is 0.301. The summed E-state index contributed by atoms with van der Waals surface area (Å²) in [4.78, 5) is 4.38. The molecule has 0 aliphatic rings. The van der Waals surface area contributed by atoms with Crippen molar-refractivity contribution in [1.82, 2.24) is 15.3 Å². The second kappa shape index (κ2) is 7.55. The minimum atomic E-state index is -0.348. The number of benzene rings is 2. The van der Waals surface area contributed by atoms with Crippen LogP contribution in [0.1, 0.15) is 17.0 Å². The Morgan fingerprint density at radius 3 is 2.43 bits per heavy atom. The first-order chi connectivity index (χ1) is 13.5. The van der Waals surface area contributed by atoms with Crippen molar-refractivity contribution in [3.63, 3.8) is 0 Å². The molecular weight excluding hydrogens is 429 g/mol. The Balaban J connectivity index is 1.48. The number of rotatable bonds is 5. The van der Waals surface area contributed by atoms with E-state index in [1.54, 1.807) is 12.1 Å². The molecule has 6 nitrogen and oxygen atoms in total. The Kier molecular flexibility index (Phi) is 4.95. The highest BCUT2D eigenvalue weighted by Crippen LogP contribution is 2.27. The monoisotopic (exact) mass is 443 g/mol. The van der Waals surface area contributed by atoms with Crippen molar-refractivity contribution >= 4 is 15.9 Å². The van der Waals surface area contributed by atoms with E-state index in [-0.39, 0.29) is 5.82 Å². The molecule has 0 aliphatic heterocycles. The van der Waals surface area contributed by atoms with Crippen LogP contribution in [0, 0.1) is 19.7 Å². The Bertz CT molecular complexity index is 1100. The van der Waals surface area contributed by atoms with E-state index in [2.05, 4.69) is 31.2 Å². The maximum Gasteiger partial charge on any atom is 0.258 e. The van der Waals surface area contributed by atoms with Crippen molar-refractivity contribution in [2.75, 3.05) is 0 Å². The van der Waals surface area contributed by atoms with E-state index in [4.69, 9.17) is 13.8 Å². The summed E-state index contributed by atoms with van der Waals surface area (Å²) in [6.45, 7) is 4.12. The van der Waals surface area contributed by atoms with Gasteiger partial charge in [-0.05, 0) is 72.2 Å². The quantitative estimate of drug-likeness (QED) is 0.405. The van der Waals surface area contributed by atoms with Gasteiger partial charge in [0.05, 0.1) is 15.7 Å². The van der Waals surface area contributed by atoms with Gasteiger partial charge < -0.3 is 13.8 Å². The van der Waals surface area contributed by atoms with E-state index >= 15 is 0 Å². The van der Waals surface area contributed by atoms with Crippen LogP contribution in [0.2, 0.25) is 0 Å². The summed E-state index contributed by atoms with van der Waals surface area (Å²) < 4.78 is 30.0. The van der Waals surface area contributed by atoms with E-state index in [0.717, 1.165) is 22.6 Å². The van der Waals surface area contributed by atoms with E-state index < -0.39 is 0 Å². The zero-order valence-electron chi connectivity index (χ0n) is 15.1. The molecule has 142 valence electrons. The number of hydrogen-bond acceptors (Lipinski definition) is 6. The van der Waals surface area contributed by atoms with Gasteiger partial charge in [-0.2, -0.15) is 4.98 Å². The van der Waals surface area contributed by atoms with Crippen molar-refractivity contribution < 1.29 is 18.2 Å². The molecular formula is C20H15BrFN3O3. The van der Waals surface area contributed by atoms with E-state index in [0.29, 0.717) is 34.1 Å². The molecule has 0 unspecified atom stereocenters. The predicted molar refractivity (Wildman–Crippen MR) is 103 cm³/mol. The molecule has 0 fully saturated rings. The fraction of sp³-hybridized carbons (Fsp3) is 0.150. The molecule has 0 amide bonds. The highest BCUT2D eigenvalue weighted by Gasteiger charge is 2.13. The van der Waals surface area contributed by atoms with Crippen LogP contribution in [0.25, 0.3) is 22.8 Å². The van der Waals surface area contributed by atoms with Gasteiger partial charge in [-0.15, -0.1) is 0 Å². The van der Waals surface area contributed by atoms with Crippen LogP contribution in [0.4, 0.5) is 4.39 Å². The molecule has 28 heavy (non-hydrogen) atoms. The van der Waals surface area contributed by atoms with Crippen LogP contribution in [0.3, 0.4) is 0 Å². The van der Waals surface area contributed by atoms with Gasteiger partial charge in [0.1, 0.15) is 23.9 Å². The minimum Gasteiger partial charge on any atom is -0.489 e. The first kappa shape index (κ1) is 18.4. The van der Waals surface area contributed by atoms with Crippen molar-refractivity contribution in [2.24, 2.45) is 0 Å². The third-order valence-electron chi connectivity index (χ3n) is 4.27. The molecule has 0 N–H and O–H groups in total. The molecule has 0 bridgehead atoms. The lowest BCUT2D eigenvalue weighted by Gasteiger charge is -2.06. The van der Waals surface area contributed by atoms with Crippen molar-refractivity contribution in [2.45, 2.75) is 20.5 Å². The molecule has 0 spiro atoms. The second-order valence-electron chi connectivity index (χ2n) is 6.17. The van der Waals surface area contributed by atoms with E-state index in [1.807, 2.05) is 38.1 Å². The van der Waals surface area contributed by atoms with Gasteiger partial charge in [-0.25, -0.2) is 4.39 Å². The SMILES string of the molecule is Cc1noc(C)c1COc1ccc(-c2nc(-c3ccc(F)c(Br)c3)no2)cc1. The molecule has 0 aliphatic carbocycles. The van der Waals surface area contributed by atoms with E-state index in [9.17, 15) is 4.39 Å². The van der Waals surface area contributed by atoms with Crippen molar-refractivity contribution in [3.8, 4) is 28.6 Å². The van der Waals surface area contributed by atoms with Gasteiger partial charge >= 0.3 is 0 Å². The van der Waals surface area contributed by atoms with Gasteiger partial charge in [0, 0.05) is 11.1 Å². The van der Waals surface area contributed by atoms with Gasteiger partial charge in [-0.1, -0.05) is 10.3 Å². The average molecular weight is 444 g/mol. The highest BCUT2D eigenvalue weighted by molar-refractivity contribution is 9.10. The smallest absolute Gasteiger partial charge is 0.258 e. The van der Waals surface area contributed by atoms with E-state index in [1.165, 1.54) is 6.07 Å². The molecule has 2 aromatic heterocycles.